The topological polar surface area (TPSA) is 32.3 Å². The smallest absolute Gasteiger partial charge is 0.0581 e. The molecule has 15 heavy (non-hydrogen) atoms. The standard InChI is InChI=1S/C13H27NO/c1-3-4-12-5-7-13(8-6-12)9-14-11(2)10-15/h11-15H,3-10H2,1-2H3. The number of rotatable bonds is 6. The largest absolute Gasteiger partial charge is 0.395 e. The Balaban J connectivity index is 2.09. The van der Waals surface area contributed by atoms with Gasteiger partial charge in [-0.25, -0.2) is 0 Å². The quantitative estimate of drug-likeness (QED) is 0.711. The third kappa shape index (κ3) is 4.98. The normalized spacial score (nSPS) is 29.0. The van der Waals surface area contributed by atoms with E-state index in [1.807, 2.05) is 6.92 Å². The van der Waals surface area contributed by atoms with Gasteiger partial charge in [-0.2, -0.15) is 0 Å². The van der Waals surface area contributed by atoms with Gasteiger partial charge < -0.3 is 10.4 Å². The monoisotopic (exact) mass is 213 g/mol. The first-order chi connectivity index (χ1) is 7.26. The highest BCUT2D eigenvalue weighted by Gasteiger charge is 2.20. The van der Waals surface area contributed by atoms with Crippen molar-refractivity contribution in [3.63, 3.8) is 0 Å². The van der Waals surface area contributed by atoms with Crippen LogP contribution in [0.15, 0.2) is 0 Å². The van der Waals surface area contributed by atoms with Crippen LogP contribution in [0, 0.1) is 11.8 Å². The van der Waals surface area contributed by atoms with Gasteiger partial charge in [0.15, 0.2) is 0 Å². The minimum atomic E-state index is 0.255. The molecule has 1 atom stereocenters. The van der Waals surface area contributed by atoms with Crippen LogP contribution in [0.1, 0.15) is 52.4 Å². The predicted molar refractivity (Wildman–Crippen MR) is 64.9 cm³/mol. The maximum atomic E-state index is 8.91. The highest BCUT2D eigenvalue weighted by Crippen LogP contribution is 2.31. The van der Waals surface area contributed by atoms with E-state index in [-0.39, 0.29) is 12.6 Å². The molecule has 0 radical (unpaired) electrons. The van der Waals surface area contributed by atoms with Crippen molar-refractivity contribution in [2.24, 2.45) is 11.8 Å². The summed E-state index contributed by atoms with van der Waals surface area (Å²) >= 11 is 0. The summed E-state index contributed by atoms with van der Waals surface area (Å²) in [4.78, 5) is 0. The number of hydrogen-bond donors (Lipinski definition) is 2. The van der Waals surface area contributed by atoms with Crippen LogP contribution >= 0.6 is 0 Å². The minimum Gasteiger partial charge on any atom is -0.395 e. The third-order valence-electron chi connectivity index (χ3n) is 3.69. The summed E-state index contributed by atoms with van der Waals surface area (Å²) in [5, 5.41) is 12.3. The highest BCUT2D eigenvalue weighted by molar-refractivity contribution is 4.74. The number of hydrogen-bond acceptors (Lipinski definition) is 2. The summed E-state index contributed by atoms with van der Waals surface area (Å²) < 4.78 is 0. The first kappa shape index (κ1) is 13.0. The van der Waals surface area contributed by atoms with Crippen molar-refractivity contribution in [1.29, 1.82) is 0 Å². The summed E-state index contributed by atoms with van der Waals surface area (Å²) in [5.41, 5.74) is 0. The zero-order valence-electron chi connectivity index (χ0n) is 10.3. The lowest BCUT2D eigenvalue weighted by Crippen LogP contribution is -2.34. The second-order valence-corrected chi connectivity index (χ2v) is 5.17. The Bertz CT molecular complexity index is 153. The fraction of sp³-hybridized carbons (Fsp3) is 1.00. The summed E-state index contributed by atoms with van der Waals surface area (Å²) in [6.07, 6.45) is 8.38. The maximum absolute atomic E-state index is 8.91. The van der Waals surface area contributed by atoms with Crippen LogP contribution in [0.3, 0.4) is 0 Å². The average Bonchev–Trinajstić information content (AvgIpc) is 2.28. The Kier molecular flexibility index (Phi) is 6.26. The second-order valence-electron chi connectivity index (χ2n) is 5.17. The van der Waals surface area contributed by atoms with Crippen LogP contribution in [-0.2, 0) is 0 Å². The Labute approximate surface area is 94.5 Å². The van der Waals surface area contributed by atoms with Crippen molar-refractivity contribution in [2.45, 2.75) is 58.4 Å². The molecule has 0 heterocycles. The summed E-state index contributed by atoms with van der Waals surface area (Å²) in [7, 11) is 0. The SMILES string of the molecule is CCCC1CCC(CNC(C)CO)CC1. The molecule has 1 aliphatic rings. The molecule has 0 amide bonds. The van der Waals surface area contributed by atoms with E-state index in [0.29, 0.717) is 0 Å². The van der Waals surface area contributed by atoms with Gasteiger partial charge in [-0.05, 0) is 38.1 Å². The molecule has 1 saturated carbocycles. The van der Waals surface area contributed by atoms with Crippen molar-refractivity contribution in [3.8, 4) is 0 Å². The molecular formula is C13H27NO. The molecule has 2 N–H and O–H groups in total. The van der Waals surface area contributed by atoms with E-state index in [4.69, 9.17) is 5.11 Å². The Morgan fingerprint density at radius 3 is 2.33 bits per heavy atom. The highest BCUT2D eigenvalue weighted by atomic mass is 16.3. The van der Waals surface area contributed by atoms with E-state index in [2.05, 4.69) is 12.2 Å². The van der Waals surface area contributed by atoms with Gasteiger partial charge in [-0.1, -0.05) is 32.6 Å². The van der Waals surface area contributed by atoms with E-state index in [0.717, 1.165) is 18.4 Å². The summed E-state index contributed by atoms with van der Waals surface area (Å²) in [6, 6.07) is 0.262. The molecule has 2 heteroatoms. The van der Waals surface area contributed by atoms with Crippen LogP contribution in [0.4, 0.5) is 0 Å². The van der Waals surface area contributed by atoms with Gasteiger partial charge >= 0.3 is 0 Å². The molecule has 1 aliphatic carbocycles. The summed E-state index contributed by atoms with van der Waals surface area (Å²) in [5.74, 6) is 1.86. The molecular weight excluding hydrogens is 186 g/mol. The molecule has 0 saturated heterocycles. The van der Waals surface area contributed by atoms with Crippen LogP contribution in [0.25, 0.3) is 0 Å². The molecule has 0 aromatic rings. The minimum absolute atomic E-state index is 0.255. The van der Waals surface area contributed by atoms with Crippen LogP contribution in [0.2, 0.25) is 0 Å². The van der Waals surface area contributed by atoms with Crippen LogP contribution in [0.5, 0.6) is 0 Å². The Hall–Kier alpha value is -0.0800. The Morgan fingerprint density at radius 1 is 1.20 bits per heavy atom. The molecule has 0 spiro atoms. The van der Waals surface area contributed by atoms with E-state index < -0.39 is 0 Å². The molecule has 0 aromatic carbocycles. The van der Waals surface area contributed by atoms with Gasteiger partial charge in [0.1, 0.15) is 0 Å². The predicted octanol–water partition coefficient (Wildman–Crippen LogP) is 2.56. The number of aliphatic hydroxyl groups excluding tert-OH is 1. The van der Waals surface area contributed by atoms with E-state index in [9.17, 15) is 0 Å². The van der Waals surface area contributed by atoms with Crippen molar-refractivity contribution in [2.75, 3.05) is 13.2 Å². The summed E-state index contributed by atoms with van der Waals surface area (Å²) in [6.45, 7) is 5.69. The molecule has 1 fully saturated rings. The van der Waals surface area contributed by atoms with Gasteiger partial charge in [0, 0.05) is 6.04 Å². The lowest BCUT2D eigenvalue weighted by atomic mass is 9.80. The zero-order valence-corrected chi connectivity index (χ0v) is 10.3. The molecule has 2 nitrogen and oxygen atoms in total. The first-order valence-corrected chi connectivity index (χ1v) is 6.60. The van der Waals surface area contributed by atoms with Gasteiger partial charge in [0.25, 0.3) is 0 Å². The van der Waals surface area contributed by atoms with Crippen molar-refractivity contribution < 1.29 is 5.11 Å². The van der Waals surface area contributed by atoms with E-state index in [1.165, 1.54) is 38.5 Å². The van der Waals surface area contributed by atoms with Crippen molar-refractivity contribution in [3.05, 3.63) is 0 Å². The average molecular weight is 213 g/mol. The van der Waals surface area contributed by atoms with Gasteiger partial charge in [0.2, 0.25) is 0 Å². The van der Waals surface area contributed by atoms with E-state index in [1.54, 1.807) is 0 Å². The van der Waals surface area contributed by atoms with E-state index >= 15 is 0 Å². The van der Waals surface area contributed by atoms with Crippen LogP contribution < -0.4 is 5.32 Å². The maximum Gasteiger partial charge on any atom is 0.0581 e. The lowest BCUT2D eigenvalue weighted by Gasteiger charge is -2.29. The molecule has 90 valence electrons. The molecule has 1 rings (SSSR count). The van der Waals surface area contributed by atoms with Crippen LogP contribution in [-0.4, -0.2) is 24.3 Å². The molecule has 0 aromatic heterocycles. The van der Waals surface area contributed by atoms with Gasteiger partial charge in [-0.3, -0.25) is 0 Å². The fourth-order valence-corrected chi connectivity index (χ4v) is 2.56. The molecule has 1 unspecified atom stereocenters. The fourth-order valence-electron chi connectivity index (χ4n) is 2.56. The zero-order chi connectivity index (χ0) is 11.1. The van der Waals surface area contributed by atoms with Crippen molar-refractivity contribution >= 4 is 0 Å². The first-order valence-electron chi connectivity index (χ1n) is 6.60. The third-order valence-corrected chi connectivity index (χ3v) is 3.69. The molecule has 0 bridgehead atoms. The lowest BCUT2D eigenvalue weighted by molar-refractivity contribution is 0.222. The molecule has 0 aliphatic heterocycles. The second kappa shape index (κ2) is 7.24. The number of nitrogens with one attached hydrogen (secondary N) is 1. The Morgan fingerprint density at radius 2 is 1.80 bits per heavy atom. The van der Waals surface area contributed by atoms with Gasteiger partial charge in [-0.15, -0.1) is 0 Å². The van der Waals surface area contributed by atoms with Gasteiger partial charge in [0.05, 0.1) is 6.61 Å². The van der Waals surface area contributed by atoms with Crippen molar-refractivity contribution in [1.82, 2.24) is 5.32 Å². The number of aliphatic hydroxyl groups is 1.